The van der Waals surface area contributed by atoms with Crippen LogP contribution in [0, 0.1) is 0 Å². The summed E-state index contributed by atoms with van der Waals surface area (Å²) in [5.74, 6) is 0. The summed E-state index contributed by atoms with van der Waals surface area (Å²) < 4.78 is 12.0. The van der Waals surface area contributed by atoms with Crippen LogP contribution in [0.1, 0.15) is 0 Å². The van der Waals surface area contributed by atoms with Crippen molar-refractivity contribution < 1.29 is 4.42 Å². The zero-order valence-corrected chi connectivity index (χ0v) is 30.5. The van der Waals surface area contributed by atoms with Gasteiger partial charge in [-0.2, -0.15) is 0 Å². The molecule has 12 aromatic rings. The second-order valence-corrected chi connectivity index (χ2v) is 16.1. The fourth-order valence-corrected chi connectivity index (χ4v) is 11.1. The Hall–Kier alpha value is -6.46. The topological polar surface area (TPSA) is 16.4 Å². The SMILES string of the molecule is c1ccc(-c2ccccc2N(c2ccc3c(c2)oc2c4ccccc4ccc32)c2cccc3c2sc2ccc4sc5c6ccccc6ccc5c4c23)cc1. The lowest BCUT2D eigenvalue weighted by Gasteiger charge is -2.28. The third-order valence-electron chi connectivity index (χ3n) is 11.0. The molecular formula is C50H29NOS2. The van der Waals surface area contributed by atoms with Crippen LogP contribution in [0.3, 0.4) is 0 Å². The summed E-state index contributed by atoms with van der Waals surface area (Å²) in [5, 5.41) is 12.5. The first-order chi connectivity index (χ1) is 26.8. The average molecular weight is 724 g/mol. The molecule has 252 valence electrons. The molecule has 12 rings (SSSR count). The molecule has 0 unspecified atom stereocenters. The molecule has 0 atom stereocenters. The van der Waals surface area contributed by atoms with Crippen molar-refractivity contribution in [2.24, 2.45) is 0 Å². The summed E-state index contributed by atoms with van der Waals surface area (Å²) in [4.78, 5) is 2.45. The van der Waals surface area contributed by atoms with E-state index in [2.05, 4.69) is 181 Å². The molecular weight excluding hydrogens is 695 g/mol. The smallest absolute Gasteiger partial charge is 0.143 e. The van der Waals surface area contributed by atoms with Crippen LogP contribution in [0.5, 0.6) is 0 Å². The standard InChI is InChI=1S/C50H29NOS2/c1-2-11-30(12-3-1)34-15-8-9-19-41(34)51(33-23-26-37-38-24-21-31-13-4-6-16-35(31)48(38)52-43(37)29-33)42-20-10-18-39-46-45(54-50(39)42)28-27-44-47(46)40-25-22-32-14-5-7-17-36(32)49(40)53-44/h1-29H. The number of furan rings is 1. The Morgan fingerprint density at radius 1 is 0.407 bits per heavy atom. The third-order valence-corrected chi connectivity index (χ3v) is 13.4. The molecule has 0 saturated carbocycles. The van der Waals surface area contributed by atoms with Gasteiger partial charge in [0.1, 0.15) is 11.2 Å². The largest absolute Gasteiger partial charge is 0.455 e. The van der Waals surface area contributed by atoms with Crippen molar-refractivity contribution >= 4 is 124 Å². The predicted octanol–water partition coefficient (Wildman–Crippen LogP) is 15.8. The highest BCUT2D eigenvalue weighted by Crippen LogP contribution is 2.51. The first-order valence-corrected chi connectivity index (χ1v) is 19.9. The summed E-state index contributed by atoms with van der Waals surface area (Å²) >= 11 is 3.80. The van der Waals surface area contributed by atoms with Crippen LogP contribution in [0.15, 0.2) is 180 Å². The Bertz CT molecular complexity index is 3460. The Kier molecular flexibility index (Phi) is 6.41. The number of para-hydroxylation sites is 1. The first-order valence-electron chi connectivity index (χ1n) is 18.3. The maximum absolute atomic E-state index is 6.77. The number of nitrogens with zero attached hydrogens (tertiary/aromatic N) is 1. The maximum atomic E-state index is 6.77. The van der Waals surface area contributed by atoms with Crippen LogP contribution >= 0.6 is 22.7 Å². The van der Waals surface area contributed by atoms with Crippen molar-refractivity contribution in [2.75, 3.05) is 4.90 Å². The number of fused-ring (bicyclic) bond motifs is 14. The van der Waals surface area contributed by atoms with Crippen LogP contribution in [0.4, 0.5) is 17.1 Å². The molecule has 0 aliphatic heterocycles. The molecule has 0 radical (unpaired) electrons. The normalized spacial score (nSPS) is 12.1. The van der Waals surface area contributed by atoms with E-state index >= 15 is 0 Å². The van der Waals surface area contributed by atoms with E-state index < -0.39 is 0 Å². The minimum absolute atomic E-state index is 0.878. The number of rotatable bonds is 4. The number of hydrogen-bond acceptors (Lipinski definition) is 4. The lowest BCUT2D eigenvalue weighted by molar-refractivity contribution is 0.673. The minimum atomic E-state index is 0.878. The van der Waals surface area contributed by atoms with Gasteiger partial charge in [0.15, 0.2) is 0 Å². The van der Waals surface area contributed by atoms with E-state index in [0.29, 0.717) is 0 Å². The van der Waals surface area contributed by atoms with Gasteiger partial charge < -0.3 is 9.32 Å². The molecule has 3 heterocycles. The summed E-state index contributed by atoms with van der Waals surface area (Å²) in [6.45, 7) is 0. The highest BCUT2D eigenvalue weighted by Gasteiger charge is 2.23. The molecule has 0 fully saturated rings. The number of anilines is 3. The minimum Gasteiger partial charge on any atom is -0.455 e. The van der Waals surface area contributed by atoms with Crippen LogP contribution in [0.25, 0.3) is 95.0 Å². The second kappa shape index (κ2) is 11.5. The summed E-state index contributed by atoms with van der Waals surface area (Å²) in [5.41, 5.74) is 7.48. The van der Waals surface area contributed by atoms with Crippen molar-refractivity contribution in [2.45, 2.75) is 0 Å². The van der Waals surface area contributed by atoms with Crippen molar-refractivity contribution in [3.8, 4) is 11.1 Å². The van der Waals surface area contributed by atoms with Gasteiger partial charge in [-0.25, -0.2) is 0 Å². The van der Waals surface area contributed by atoms with E-state index in [0.717, 1.165) is 44.4 Å². The van der Waals surface area contributed by atoms with Crippen molar-refractivity contribution in [1.29, 1.82) is 0 Å². The van der Waals surface area contributed by atoms with Crippen LogP contribution < -0.4 is 4.90 Å². The molecule has 3 aromatic heterocycles. The molecule has 0 amide bonds. The third kappa shape index (κ3) is 4.32. The fraction of sp³-hybridized carbons (Fsp3) is 0. The highest BCUT2D eigenvalue weighted by molar-refractivity contribution is 7.28. The summed E-state index contributed by atoms with van der Waals surface area (Å²) in [7, 11) is 0. The van der Waals surface area contributed by atoms with E-state index in [1.54, 1.807) is 0 Å². The van der Waals surface area contributed by atoms with Gasteiger partial charge in [0.2, 0.25) is 0 Å². The molecule has 0 spiro atoms. The van der Waals surface area contributed by atoms with Crippen LogP contribution in [-0.2, 0) is 0 Å². The van der Waals surface area contributed by atoms with Gasteiger partial charge in [-0.05, 0) is 64.2 Å². The number of thiophene rings is 2. The Morgan fingerprint density at radius 3 is 1.85 bits per heavy atom. The quantitative estimate of drug-likeness (QED) is 0.180. The van der Waals surface area contributed by atoms with E-state index in [1.807, 2.05) is 22.7 Å². The second-order valence-electron chi connectivity index (χ2n) is 14.0. The average Bonchev–Trinajstić information content (AvgIpc) is 3.93. The summed E-state index contributed by atoms with van der Waals surface area (Å²) in [6.07, 6.45) is 0. The molecule has 4 heteroatoms. The summed E-state index contributed by atoms with van der Waals surface area (Å²) in [6, 6.07) is 63.9. The van der Waals surface area contributed by atoms with Crippen LogP contribution in [0.2, 0.25) is 0 Å². The van der Waals surface area contributed by atoms with E-state index in [4.69, 9.17) is 4.42 Å². The predicted molar refractivity (Wildman–Crippen MR) is 235 cm³/mol. The molecule has 54 heavy (non-hydrogen) atoms. The van der Waals surface area contributed by atoms with Gasteiger partial charge >= 0.3 is 0 Å². The molecule has 0 saturated heterocycles. The van der Waals surface area contributed by atoms with Gasteiger partial charge in [0, 0.05) is 69.1 Å². The lowest BCUT2D eigenvalue weighted by atomic mass is 10.0. The highest BCUT2D eigenvalue weighted by atomic mass is 32.1. The van der Waals surface area contributed by atoms with Gasteiger partial charge in [-0.3, -0.25) is 0 Å². The molecule has 0 aliphatic carbocycles. The van der Waals surface area contributed by atoms with E-state index in [1.165, 1.54) is 67.6 Å². The van der Waals surface area contributed by atoms with Crippen molar-refractivity contribution in [1.82, 2.24) is 0 Å². The van der Waals surface area contributed by atoms with Gasteiger partial charge in [-0.15, -0.1) is 22.7 Å². The van der Waals surface area contributed by atoms with Gasteiger partial charge in [0.05, 0.1) is 16.1 Å². The molecule has 0 bridgehead atoms. The molecule has 0 aliphatic rings. The molecule has 9 aromatic carbocycles. The van der Waals surface area contributed by atoms with E-state index in [-0.39, 0.29) is 0 Å². The number of hydrogen-bond donors (Lipinski definition) is 0. The zero-order valence-electron chi connectivity index (χ0n) is 28.9. The maximum Gasteiger partial charge on any atom is 0.143 e. The van der Waals surface area contributed by atoms with Crippen LogP contribution in [-0.4, -0.2) is 0 Å². The van der Waals surface area contributed by atoms with E-state index in [9.17, 15) is 0 Å². The fourth-order valence-electron chi connectivity index (χ4n) is 8.61. The lowest BCUT2D eigenvalue weighted by Crippen LogP contribution is -2.11. The zero-order chi connectivity index (χ0) is 35.3. The Labute approximate surface area is 318 Å². The van der Waals surface area contributed by atoms with Gasteiger partial charge in [-0.1, -0.05) is 127 Å². The van der Waals surface area contributed by atoms with Gasteiger partial charge in [0.25, 0.3) is 0 Å². The monoisotopic (exact) mass is 723 g/mol. The van der Waals surface area contributed by atoms with Crippen molar-refractivity contribution in [3.63, 3.8) is 0 Å². The molecule has 0 N–H and O–H groups in total. The number of benzene rings is 9. The Balaban J connectivity index is 1.15. The van der Waals surface area contributed by atoms with Crippen molar-refractivity contribution in [3.05, 3.63) is 176 Å². The molecule has 2 nitrogen and oxygen atoms in total. The Morgan fingerprint density at radius 2 is 1.02 bits per heavy atom. The first kappa shape index (κ1) is 30.0.